The van der Waals surface area contributed by atoms with Gasteiger partial charge in [0.1, 0.15) is 5.82 Å². The van der Waals surface area contributed by atoms with Crippen molar-refractivity contribution in [3.8, 4) is 0 Å². The Kier molecular flexibility index (Phi) is 3.30. The number of hydrogen-bond acceptors (Lipinski definition) is 1. The van der Waals surface area contributed by atoms with Gasteiger partial charge in [-0.1, -0.05) is 31.5 Å². The van der Waals surface area contributed by atoms with Crippen LogP contribution in [0.15, 0.2) is 16.6 Å². The predicted octanol–water partition coefficient (Wildman–Crippen LogP) is 4.64. The van der Waals surface area contributed by atoms with Crippen molar-refractivity contribution in [3.05, 3.63) is 33.0 Å². The van der Waals surface area contributed by atoms with Gasteiger partial charge < -0.3 is 5.11 Å². The molecule has 1 N–H and O–H groups in total. The normalized spacial score (nSPS) is 27.4. The van der Waals surface area contributed by atoms with Crippen molar-refractivity contribution in [2.75, 3.05) is 0 Å². The molecule has 17 heavy (non-hydrogen) atoms. The fraction of sp³-hybridized carbons (Fsp3) is 0.538. The predicted molar refractivity (Wildman–Crippen MR) is 70.6 cm³/mol. The summed E-state index contributed by atoms with van der Waals surface area (Å²) in [4.78, 5) is 0. The summed E-state index contributed by atoms with van der Waals surface area (Å²) in [5.41, 5.74) is -1.14. The minimum Gasteiger partial charge on any atom is -0.384 e. The lowest BCUT2D eigenvalue weighted by Crippen LogP contribution is -2.37. The average molecular weight is 322 g/mol. The summed E-state index contributed by atoms with van der Waals surface area (Å²) >= 11 is 9.06. The fourth-order valence-corrected chi connectivity index (χ4v) is 3.15. The zero-order valence-electron chi connectivity index (χ0n) is 9.86. The van der Waals surface area contributed by atoms with Gasteiger partial charge in [0.15, 0.2) is 0 Å². The molecule has 0 heterocycles. The van der Waals surface area contributed by atoms with E-state index in [0.29, 0.717) is 16.5 Å². The topological polar surface area (TPSA) is 20.2 Å². The first kappa shape index (κ1) is 13.3. The smallest absolute Gasteiger partial charge is 0.149 e. The van der Waals surface area contributed by atoms with Gasteiger partial charge in [-0.2, -0.15) is 0 Å². The van der Waals surface area contributed by atoms with E-state index in [1.54, 1.807) is 12.1 Å². The Morgan fingerprint density at radius 2 is 2.00 bits per heavy atom. The fourth-order valence-electron chi connectivity index (χ4n) is 2.68. The molecule has 2 rings (SSSR count). The van der Waals surface area contributed by atoms with Gasteiger partial charge in [-0.05, 0) is 46.7 Å². The molecule has 1 aliphatic rings. The molecule has 1 aromatic carbocycles. The first-order valence-electron chi connectivity index (χ1n) is 5.66. The van der Waals surface area contributed by atoms with Crippen LogP contribution in [0.1, 0.15) is 38.7 Å². The van der Waals surface area contributed by atoms with E-state index in [4.69, 9.17) is 11.6 Å². The molecule has 0 bridgehead atoms. The Bertz CT molecular complexity index is 461. The van der Waals surface area contributed by atoms with Crippen LogP contribution in [-0.4, -0.2) is 5.11 Å². The van der Waals surface area contributed by atoms with Crippen LogP contribution in [0.4, 0.5) is 4.39 Å². The summed E-state index contributed by atoms with van der Waals surface area (Å²) in [6.45, 7) is 3.94. The zero-order chi connectivity index (χ0) is 12.8. The van der Waals surface area contributed by atoms with Crippen molar-refractivity contribution < 1.29 is 9.50 Å². The Morgan fingerprint density at radius 1 is 1.35 bits per heavy atom. The van der Waals surface area contributed by atoms with Crippen LogP contribution in [0.5, 0.6) is 0 Å². The van der Waals surface area contributed by atoms with Crippen LogP contribution in [0, 0.1) is 11.2 Å². The molecule has 1 saturated carbocycles. The highest BCUT2D eigenvalue weighted by molar-refractivity contribution is 9.10. The second kappa shape index (κ2) is 4.22. The lowest BCUT2D eigenvalue weighted by molar-refractivity contribution is -0.0512. The van der Waals surface area contributed by atoms with Crippen LogP contribution in [0.3, 0.4) is 0 Å². The van der Waals surface area contributed by atoms with Gasteiger partial charge in [-0.15, -0.1) is 0 Å². The van der Waals surface area contributed by atoms with E-state index in [0.717, 1.165) is 12.8 Å². The third kappa shape index (κ3) is 1.92. The molecule has 0 amide bonds. The molecule has 1 atom stereocenters. The van der Waals surface area contributed by atoms with Gasteiger partial charge >= 0.3 is 0 Å². The highest BCUT2D eigenvalue weighted by Crippen LogP contribution is 2.53. The van der Waals surface area contributed by atoms with Crippen molar-refractivity contribution in [1.29, 1.82) is 0 Å². The van der Waals surface area contributed by atoms with Crippen LogP contribution >= 0.6 is 27.5 Å². The molecule has 1 nitrogen and oxygen atoms in total. The first-order valence-corrected chi connectivity index (χ1v) is 6.83. The monoisotopic (exact) mass is 320 g/mol. The van der Waals surface area contributed by atoms with Crippen molar-refractivity contribution in [3.63, 3.8) is 0 Å². The van der Waals surface area contributed by atoms with Crippen LogP contribution in [0.2, 0.25) is 5.02 Å². The average Bonchev–Trinajstić information content (AvgIpc) is 2.51. The van der Waals surface area contributed by atoms with Gasteiger partial charge in [0.2, 0.25) is 0 Å². The summed E-state index contributed by atoms with van der Waals surface area (Å²) in [7, 11) is 0. The Hall–Kier alpha value is -0.120. The maximum Gasteiger partial charge on any atom is 0.149 e. The second-order valence-electron chi connectivity index (χ2n) is 5.32. The van der Waals surface area contributed by atoms with Gasteiger partial charge in [0.25, 0.3) is 0 Å². The first-order chi connectivity index (χ1) is 7.79. The number of halogens is 3. The molecule has 1 fully saturated rings. The molecule has 0 aromatic heterocycles. The summed E-state index contributed by atoms with van der Waals surface area (Å²) < 4.78 is 14.7. The van der Waals surface area contributed by atoms with Gasteiger partial charge in [0, 0.05) is 10.0 Å². The highest BCUT2D eigenvalue weighted by atomic mass is 79.9. The Morgan fingerprint density at radius 3 is 2.53 bits per heavy atom. The van der Waals surface area contributed by atoms with E-state index in [1.807, 2.05) is 13.8 Å². The van der Waals surface area contributed by atoms with E-state index in [9.17, 15) is 9.50 Å². The van der Waals surface area contributed by atoms with Crippen LogP contribution in [0.25, 0.3) is 0 Å². The van der Waals surface area contributed by atoms with E-state index in [2.05, 4.69) is 15.9 Å². The summed E-state index contributed by atoms with van der Waals surface area (Å²) in [5.74, 6) is -0.515. The molecule has 1 aliphatic carbocycles. The summed E-state index contributed by atoms with van der Waals surface area (Å²) in [5, 5.41) is 10.8. The molecule has 1 aromatic rings. The van der Waals surface area contributed by atoms with Crippen molar-refractivity contribution in [2.24, 2.45) is 5.41 Å². The van der Waals surface area contributed by atoms with Gasteiger partial charge in [-0.25, -0.2) is 4.39 Å². The molecular formula is C13H15BrClFO. The molecule has 94 valence electrons. The maximum atomic E-state index is 14.2. The zero-order valence-corrected chi connectivity index (χ0v) is 12.2. The number of rotatable bonds is 1. The van der Waals surface area contributed by atoms with E-state index in [1.165, 1.54) is 0 Å². The molecule has 1 unspecified atom stereocenters. The molecule has 0 aliphatic heterocycles. The van der Waals surface area contributed by atoms with Crippen molar-refractivity contribution in [1.82, 2.24) is 0 Å². The lowest BCUT2D eigenvalue weighted by atomic mass is 9.73. The SMILES string of the molecule is CC1(C)CCCC1(O)c1ccc(Br)c(Cl)c1F. The summed E-state index contributed by atoms with van der Waals surface area (Å²) in [6, 6.07) is 3.31. The minimum absolute atomic E-state index is 0.0404. The largest absolute Gasteiger partial charge is 0.384 e. The minimum atomic E-state index is -1.12. The molecule has 0 spiro atoms. The van der Waals surface area contributed by atoms with Crippen LogP contribution in [-0.2, 0) is 5.60 Å². The Labute approximate surface area is 114 Å². The second-order valence-corrected chi connectivity index (χ2v) is 6.55. The third-order valence-electron chi connectivity index (χ3n) is 3.94. The van der Waals surface area contributed by atoms with Gasteiger partial charge in [0.05, 0.1) is 10.6 Å². The van der Waals surface area contributed by atoms with E-state index < -0.39 is 11.4 Å². The van der Waals surface area contributed by atoms with Gasteiger partial charge in [-0.3, -0.25) is 0 Å². The van der Waals surface area contributed by atoms with E-state index >= 15 is 0 Å². The number of hydrogen-bond donors (Lipinski definition) is 1. The molecule has 0 radical (unpaired) electrons. The third-order valence-corrected chi connectivity index (χ3v) is 5.20. The standard InChI is InChI=1S/C13H15BrClFO/c1-12(2)6-3-7-13(12,17)8-4-5-9(14)10(15)11(8)16/h4-5,17H,3,6-7H2,1-2H3. The van der Waals surface area contributed by atoms with Crippen molar-refractivity contribution >= 4 is 27.5 Å². The lowest BCUT2D eigenvalue weighted by Gasteiger charge is -2.37. The van der Waals surface area contributed by atoms with E-state index in [-0.39, 0.29) is 10.4 Å². The molecular weight excluding hydrogens is 306 g/mol. The van der Waals surface area contributed by atoms with Crippen LogP contribution < -0.4 is 0 Å². The summed E-state index contributed by atoms with van der Waals surface area (Å²) in [6.07, 6.45) is 2.36. The number of benzene rings is 1. The van der Waals surface area contributed by atoms with Crippen molar-refractivity contribution in [2.45, 2.75) is 38.7 Å². The molecule has 0 saturated heterocycles. The molecule has 4 heteroatoms. The number of aliphatic hydroxyl groups is 1. The highest BCUT2D eigenvalue weighted by Gasteiger charge is 2.50. The quantitative estimate of drug-likeness (QED) is 0.747. The Balaban J connectivity index is 2.58. The maximum absolute atomic E-state index is 14.2.